The number of amides is 7. The molecule has 1 unspecified atom stereocenters. The van der Waals surface area contributed by atoms with Crippen molar-refractivity contribution >= 4 is 75.3 Å². The normalized spacial score (nSPS) is 23.1. The van der Waals surface area contributed by atoms with Crippen LogP contribution in [0.15, 0.2) is 73.3 Å². The lowest BCUT2D eigenvalue weighted by Gasteiger charge is -2.48. The molecule has 5 aliphatic heterocycles. The van der Waals surface area contributed by atoms with E-state index in [0.717, 1.165) is 73.3 Å². The molecule has 13 rings (SSSR count). The Morgan fingerprint density at radius 1 is 0.837 bits per heavy atom. The van der Waals surface area contributed by atoms with Crippen LogP contribution in [-0.4, -0.2) is 137 Å². The van der Waals surface area contributed by atoms with Gasteiger partial charge < -0.3 is 35.2 Å². The van der Waals surface area contributed by atoms with Gasteiger partial charge >= 0.3 is 0 Å². The number of benzene rings is 3. The minimum absolute atomic E-state index is 0.00305. The molecule has 4 N–H and O–H groups in total. The van der Waals surface area contributed by atoms with Gasteiger partial charge in [0.2, 0.25) is 17.7 Å². The summed E-state index contributed by atoms with van der Waals surface area (Å²) in [5.41, 5.74) is 6.22. The van der Waals surface area contributed by atoms with E-state index in [-0.39, 0.29) is 71.5 Å². The van der Waals surface area contributed by atoms with Crippen molar-refractivity contribution in [1.82, 2.24) is 49.6 Å². The van der Waals surface area contributed by atoms with Gasteiger partial charge in [-0.2, -0.15) is 5.10 Å². The number of aryl methyl sites for hydroxylation is 1. The van der Waals surface area contributed by atoms with Crippen LogP contribution < -0.4 is 26.2 Å². The minimum atomic E-state index is -1.04. The number of hydrogen-bond acceptors (Lipinski definition) is 13. The summed E-state index contributed by atoms with van der Waals surface area (Å²) < 4.78 is 19.8. The summed E-state index contributed by atoms with van der Waals surface area (Å²) in [6.45, 7) is 13.1. The summed E-state index contributed by atoms with van der Waals surface area (Å²) in [4.78, 5) is 112. The van der Waals surface area contributed by atoms with Gasteiger partial charge in [-0.1, -0.05) is 24.6 Å². The number of fused-ring (bicyclic) bond motifs is 4. The number of aromatic nitrogens is 5. The minimum Gasteiger partial charge on any atom is -0.382 e. The van der Waals surface area contributed by atoms with Gasteiger partial charge in [-0.15, -0.1) is 0 Å². The number of likely N-dealkylation sites (tertiary alicyclic amines) is 2. The van der Waals surface area contributed by atoms with Crippen molar-refractivity contribution in [3.63, 3.8) is 0 Å². The van der Waals surface area contributed by atoms with Crippen molar-refractivity contribution < 1.29 is 38.0 Å². The van der Waals surface area contributed by atoms with Crippen LogP contribution in [0.1, 0.15) is 170 Å². The van der Waals surface area contributed by atoms with Crippen LogP contribution in [0.2, 0.25) is 0 Å². The Morgan fingerprint density at radius 2 is 1.60 bits per heavy atom. The average Bonchev–Trinajstić information content (AvgIpc) is 1.60. The van der Waals surface area contributed by atoms with Gasteiger partial charge in [-0.25, -0.2) is 14.4 Å². The van der Waals surface area contributed by atoms with Crippen molar-refractivity contribution in [3.05, 3.63) is 113 Å². The molecule has 7 aliphatic rings. The number of rotatable bonds is 14. The SMILES string of the molecule is Cc1cc(F)c(Nc2nc(-c3ccc4c(c3)N([C@H]3C[C@@H](N5CCCCC5)C3)C(=O)C43CCN(C(=O)c4cnn(C[C@H]5CC[C@H](Nc6cccc7c6C(=O)N(C6CCC(=O)NC6=O)C7=O)CC5)c4)CC3)cc3ncn(C(C)C)c23)cc1C(=O)NC(C)C. The second-order valence-corrected chi connectivity index (χ2v) is 25.5. The summed E-state index contributed by atoms with van der Waals surface area (Å²) in [6, 6.07) is 15.5. The monoisotopic (exact) mass is 1170 g/mol. The average molecular weight is 1170 g/mol. The Hall–Kier alpha value is -8.33. The number of piperidine rings is 3. The van der Waals surface area contributed by atoms with Gasteiger partial charge in [-0.05, 0) is 172 Å². The molecule has 7 amide bonds. The summed E-state index contributed by atoms with van der Waals surface area (Å²) in [5, 5.41) is 16.6. The molecule has 86 heavy (non-hydrogen) atoms. The number of carbonyl (C=O) groups excluding carboxylic acids is 7. The summed E-state index contributed by atoms with van der Waals surface area (Å²) >= 11 is 0. The highest BCUT2D eigenvalue weighted by molar-refractivity contribution is 6.25. The number of nitrogens with zero attached hydrogens (tertiary/aromatic N) is 9. The lowest BCUT2D eigenvalue weighted by Crippen LogP contribution is -2.58. The molecular weight excluding hydrogens is 1090 g/mol. The molecule has 1 atom stereocenters. The van der Waals surface area contributed by atoms with Gasteiger partial charge in [0.15, 0.2) is 5.82 Å². The van der Waals surface area contributed by atoms with E-state index in [2.05, 4.69) is 48.3 Å². The maximum atomic E-state index is 16.0. The van der Waals surface area contributed by atoms with Crippen LogP contribution >= 0.6 is 0 Å². The van der Waals surface area contributed by atoms with Crippen LogP contribution in [0.4, 0.5) is 27.3 Å². The van der Waals surface area contributed by atoms with Crippen LogP contribution in [0.5, 0.6) is 0 Å². The molecular formula is C65H74FN13O7. The lowest BCUT2D eigenvalue weighted by molar-refractivity contribution is -0.136. The second kappa shape index (κ2) is 22.5. The molecule has 0 bridgehead atoms. The molecule has 2 aliphatic carbocycles. The zero-order chi connectivity index (χ0) is 59.9. The Morgan fingerprint density at radius 3 is 2.34 bits per heavy atom. The topological polar surface area (TPSA) is 229 Å². The van der Waals surface area contributed by atoms with Gasteiger partial charge in [0.1, 0.15) is 17.4 Å². The van der Waals surface area contributed by atoms with E-state index in [4.69, 9.17) is 9.97 Å². The number of anilines is 4. The lowest BCUT2D eigenvalue weighted by atomic mass is 9.73. The van der Waals surface area contributed by atoms with E-state index >= 15 is 9.18 Å². The van der Waals surface area contributed by atoms with E-state index in [1.165, 1.54) is 31.4 Å². The van der Waals surface area contributed by atoms with Crippen molar-refractivity contribution in [2.75, 3.05) is 41.7 Å². The largest absolute Gasteiger partial charge is 0.382 e. The maximum absolute atomic E-state index is 16.0. The van der Waals surface area contributed by atoms with Gasteiger partial charge in [0, 0.05) is 85.0 Å². The van der Waals surface area contributed by atoms with E-state index in [9.17, 15) is 28.8 Å². The van der Waals surface area contributed by atoms with Crippen LogP contribution in [0.3, 0.4) is 0 Å². The predicted molar refractivity (Wildman–Crippen MR) is 322 cm³/mol. The Balaban J connectivity index is 0.702. The molecule has 3 saturated heterocycles. The first-order valence-electron chi connectivity index (χ1n) is 30.8. The first kappa shape index (κ1) is 56.8. The fourth-order valence-electron chi connectivity index (χ4n) is 14.6. The van der Waals surface area contributed by atoms with E-state index < -0.39 is 40.9 Å². The number of carbonyl (C=O) groups is 7. The highest BCUT2D eigenvalue weighted by Crippen LogP contribution is 2.52. The zero-order valence-corrected chi connectivity index (χ0v) is 49.5. The summed E-state index contributed by atoms with van der Waals surface area (Å²) in [6.07, 6.45) is 15.1. The van der Waals surface area contributed by atoms with Crippen LogP contribution in [-0.2, 0) is 26.3 Å². The molecule has 5 fully saturated rings. The quantitative estimate of drug-likeness (QED) is 0.0749. The Kier molecular flexibility index (Phi) is 14.9. The third kappa shape index (κ3) is 10.2. The van der Waals surface area contributed by atoms with E-state index in [1.807, 2.05) is 60.2 Å². The van der Waals surface area contributed by atoms with Crippen molar-refractivity contribution in [2.24, 2.45) is 5.92 Å². The Labute approximate surface area is 498 Å². The molecule has 448 valence electrons. The number of imidazole rings is 1. The molecule has 2 saturated carbocycles. The van der Waals surface area contributed by atoms with Gasteiger partial charge in [-0.3, -0.25) is 48.5 Å². The number of nitrogens with one attached hydrogen (secondary N) is 4. The van der Waals surface area contributed by atoms with Crippen molar-refractivity contribution in [2.45, 2.75) is 166 Å². The highest BCUT2D eigenvalue weighted by atomic mass is 19.1. The molecule has 8 heterocycles. The second-order valence-electron chi connectivity index (χ2n) is 25.5. The Bertz CT molecular complexity index is 3750. The summed E-state index contributed by atoms with van der Waals surface area (Å²) in [7, 11) is 0. The molecule has 0 radical (unpaired) electrons. The number of imide groups is 2. The smallest absolute Gasteiger partial charge is 0.264 e. The third-order valence-corrected chi connectivity index (χ3v) is 19.3. The maximum Gasteiger partial charge on any atom is 0.264 e. The molecule has 6 aromatic rings. The number of hydrogen-bond donors (Lipinski definition) is 4. The predicted octanol–water partition coefficient (Wildman–Crippen LogP) is 8.81. The molecule has 1 spiro atoms. The van der Waals surface area contributed by atoms with Gasteiger partial charge in [0.25, 0.3) is 23.6 Å². The first-order chi connectivity index (χ1) is 41.4. The fraction of sp³-hybridized carbons (Fsp3) is 0.477. The molecule has 20 nitrogen and oxygen atoms in total. The molecule has 3 aromatic carbocycles. The first-order valence-corrected chi connectivity index (χ1v) is 30.8. The standard InChI is InChI=1S/C65H74FN13O7/c1-36(2)69-59(81)46-30-51(48(66)26-38(46)5)72-58-57-52(67-35-77(57)37(3)4)31-50(71-58)40-14-17-47-54(27-40)78(44-28-43(29-44)74-22-7-6-8-23-74)64(86)65(47)20-24-75(25-21-65)61(83)41-32-68-76(34-41)33-39-12-15-42(16-13-39)70-49-11-9-10-45-56(49)63(85)79(62(45)84)53-18-19-55(80)73-60(53)82/h9-11,14,17,26-27,30-32,34-37,39,42-44,53,70H,6-8,12-13,15-16,18-25,28-29,33H2,1-5H3,(H,69,81)(H,71,72)(H,73,80,82)/t39-,42-,43-,44+,53?. The number of pyridine rings is 1. The zero-order valence-electron chi connectivity index (χ0n) is 49.5. The third-order valence-electron chi connectivity index (χ3n) is 19.3. The highest BCUT2D eigenvalue weighted by Gasteiger charge is 2.56. The van der Waals surface area contributed by atoms with Crippen LogP contribution in [0, 0.1) is 18.7 Å². The summed E-state index contributed by atoms with van der Waals surface area (Å²) in [5.74, 6) is -2.32. The van der Waals surface area contributed by atoms with Crippen molar-refractivity contribution in [3.8, 4) is 11.3 Å². The van der Waals surface area contributed by atoms with E-state index in [1.54, 1.807) is 37.6 Å². The molecule has 21 heteroatoms. The van der Waals surface area contributed by atoms with Gasteiger partial charge in [0.05, 0.1) is 51.5 Å². The molecule has 3 aromatic heterocycles. The van der Waals surface area contributed by atoms with Crippen LogP contribution in [0.25, 0.3) is 22.3 Å². The number of halogens is 1. The van der Waals surface area contributed by atoms with Crippen molar-refractivity contribution in [1.29, 1.82) is 0 Å². The fourth-order valence-corrected chi connectivity index (χ4v) is 14.6. The van der Waals surface area contributed by atoms with E-state index in [0.29, 0.717) is 89.4 Å².